The highest BCUT2D eigenvalue weighted by atomic mass is 35.5. The predicted molar refractivity (Wildman–Crippen MR) is 70.9 cm³/mol. The third-order valence-corrected chi connectivity index (χ3v) is 3.08. The maximum absolute atomic E-state index is 6.01. The van der Waals surface area contributed by atoms with Crippen molar-refractivity contribution in [3.05, 3.63) is 41.8 Å². The molecule has 0 aliphatic rings. The molecule has 0 aliphatic carbocycles. The van der Waals surface area contributed by atoms with Crippen molar-refractivity contribution in [2.24, 2.45) is 0 Å². The Balaban J connectivity index is 2.10. The van der Waals surface area contributed by atoms with Crippen LogP contribution in [-0.2, 0) is 0 Å². The zero-order chi connectivity index (χ0) is 12.5. The van der Waals surface area contributed by atoms with Crippen LogP contribution in [-0.4, -0.2) is 22.1 Å². The van der Waals surface area contributed by atoms with Crippen molar-refractivity contribution in [2.45, 2.75) is 0 Å². The first-order valence-electron chi connectivity index (χ1n) is 5.41. The number of aromatic nitrogens is 3. The number of benzene rings is 1. The minimum atomic E-state index is 0.455. The Kier molecular flexibility index (Phi) is 2.64. The van der Waals surface area contributed by atoms with Crippen molar-refractivity contribution in [2.75, 3.05) is 7.11 Å². The van der Waals surface area contributed by atoms with Crippen LogP contribution in [0.25, 0.3) is 22.3 Å². The minimum Gasteiger partial charge on any atom is -0.497 e. The van der Waals surface area contributed by atoms with Gasteiger partial charge in [-0.2, -0.15) is 0 Å². The molecule has 1 N–H and O–H groups in total. The van der Waals surface area contributed by atoms with Gasteiger partial charge in [0.15, 0.2) is 0 Å². The molecule has 5 heteroatoms. The number of nitrogens with zero attached hydrogens (tertiary/aromatic N) is 2. The van der Waals surface area contributed by atoms with Crippen LogP contribution in [0, 0.1) is 0 Å². The van der Waals surface area contributed by atoms with Gasteiger partial charge in [-0.05, 0) is 35.9 Å². The van der Waals surface area contributed by atoms with Gasteiger partial charge in [-0.15, -0.1) is 0 Å². The number of nitrogens with one attached hydrogen (secondary N) is 1. The van der Waals surface area contributed by atoms with Crippen LogP contribution in [0.1, 0.15) is 0 Å². The van der Waals surface area contributed by atoms with Gasteiger partial charge in [-0.25, -0.2) is 9.97 Å². The average Bonchev–Trinajstić information content (AvgIpc) is 2.84. The van der Waals surface area contributed by atoms with E-state index >= 15 is 0 Å². The summed E-state index contributed by atoms with van der Waals surface area (Å²) in [6, 6.07) is 9.72. The van der Waals surface area contributed by atoms with Gasteiger partial charge in [0.25, 0.3) is 0 Å². The fourth-order valence-corrected chi connectivity index (χ4v) is 2.02. The first kappa shape index (κ1) is 11.0. The molecule has 0 fully saturated rings. The Labute approximate surface area is 109 Å². The second kappa shape index (κ2) is 4.31. The number of H-pyrrole nitrogens is 1. The summed E-state index contributed by atoms with van der Waals surface area (Å²) in [6.45, 7) is 0. The lowest BCUT2D eigenvalue weighted by atomic mass is 10.1. The van der Waals surface area contributed by atoms with Crippen molar-refractivity contribution in [3.63, 3.8) is 0 Å². The van der Waals surface area contributed by atoms with Gasteiger partial charge in [0, 0.05) is 5.69 Å². The Morgan fingerprint density at radius 2 is 1.94 bits per heavy atom. The molecular formula is C13H10ClN3O. The summed E-state index contributed by atoms with van der Waals surface area (Å²) in [7, 11) is 1.65. The molecular weight excluding hydrogens is 250 g/mol. The van der Waals surface area contributed by atoms with E-state index in [1.54, 1.807) is 7.11 Å². The number of hydrogen-bond donors (Lipinski definition) is 1. The summed E-state index contributed by atoms with van der Waals surface area (Å²) >= 11 is 6.01. The van der Waals surface area contributed by atoms with Gasteiger partial charge in [-0.3, -0.25) is 0 Å². The molecule has 3 aromatic rings. The van der Waals surface area contributed by atoms with E-state index in [0.717, 1.165) is 28.0 Å². The highest BCUT2D eigenvalue weighted by Gasteiger charge is 2.07. The lowest BCUT2D eigenvalue weighted by Gasteiger charge is -2.00. The third kappa shape index (κ3) is 1.80. The molecule has 0 amide bonds. The first-order valence-corrected chi connectivity index (χ1v) is 5.79. The Bertz CT molecular complexity index is 691. The van der Waals surface area contributed by atoms with Crippen molar-refractivity contribution >= 4 is 22.6 Å². The molecule has 4 nitrogen and oxygen atoms in total. The summed E-state index contributed by atoms with van der Waals surface area (Å²) in [5.74, 6) is 0.827. The third-order valence-electron chi connectivity index (χ3n) is 2.78. The summed E-state index contributed by atoms with van der Waals surface area (Å²) in [6.07, 6.45) is 1.44. The zero-order valence-corrected chi connectivity index (χ0v) is 10.4. The van der Waals surface area contributed by atoms with E-state index in [1.165, 1.54) is 6.33 Å². The van der Waals surface area contributed by atoms with Crippen molar-refractivity contribution in [1.29, 1.82) is 0 Å². The maximum atomic E-state index is 6.01. The fraction of sp³-hybridized carbons (Fsp3) is 0.0769. The monoisotopic (exact) mass is 259 g/mol. The Morgan fingerprint density at radius 1 is 1.17 bits per heavy atom. The predicted octanol–water partition coefficient (Wildman–Crippen LogP) is 3.29. The number of aromatic amines is 1. The van der Waals surface area contributed by atoms with Crippen molar-refractivity contribution in [1.82, 2.24) is 15.0 Å². The zero-order valence-electron chi connectivity index (χ0n) is 9.64. The van der Waals surface area contributed by atoms with Crippen LogP contribution >= 0.6 is 11.6 Å². The number of hydrogen-bond acceptors (Lipinski definition) is 3. The van der Waals surface area contributed by atoms with E-state index in [2.05, 4.69) is 15.0 Å². The van der Waals surface area contributed by atoms with Gasteiger partial charge in [-0.1, -0.05) is 11.6 Å². The lowest BCUT2D eigenvalue weighted by molar-refractivity contribution is 0.415. The largest absolute Gasteiger partial charge is 0.497 e. The number of halogens is 1. The normalized spacial score (nSPS) is 10.8. The molecule has 0 saturated heterocycles. The summed E-state index contributed by atoms with van der Waals surface area (Å²) in [5.41, 5.74) is 2.74. The summed E-state index contributed by atoms with van der Waals surface area (Å²) in [5, 5.41) is 1.28. The molecule has 2 aromatic heterocycles. The van der Waals surface area contributed by atoms with Crippen LogP contribution in [0.4, 0.5) is 0 Å². The van der Waals surface area contributed by atoms with E-state index in [9.17, 15) is 0 Å². The lowest BCUT2D eigenvalue weighted by Crippen LogP contribution is -1.82. The Hall–Kier alpha value is -2.07. The van der Waals surface area contributed by atoms with Gasteiger partial charge in [0.05, 0.1) is 12.5 Å². The minimum absolute atomic E-state index is 0.455. The molecule has 0 unspecified atom stereocenters. The average molecular weight is 260 g/mol. The number of fused-ring (bicyclic) bond motifs is 1. The van der Waals surface area contributed by atoms with Crippen molar-refractivity contribution in [3.8, 4) is 17.0 Å². The second-order valence-electron chi connectivity index (χ2n) is 3.84. The quantitative estimate of drug-likeness (QED) is 0.719. The molecule has 3 rings (SSSR count). The molecule has 18 heavy (non-hydrogen) atoms. The number of methoxy groups -OCH3 is 1. The van der Waals surface area contributed by atoms with Crippen LogP contribution < -0.4 is 4.74 Å². The first-order chi connectivity index (χ1) is 8.78. The van der Waals surface area contributed by atoms with E-state index in [4.69, 9.17) is 16.3 Å². The molecule has 0 radical (unpaired) electrons. The Morgan fingerprint density at radius 3 is 2.61 bits per heavy atom. The smallest absolute Gasteiger partial charge is 0.142 e. The molecule has 90 valence electrons. The van der Waals surface area contributed by atoms with E-state index in [-0.39, 0.29) is 0 Å². The fourth-order valence-electron chi connectivity index (χ4n) is 1.84. The SMILES string of the molecule is COc1ccc(-c2cc3c(Cl)ncnc3[nH]2)cc1. The molecule has 0 saturated carbocycles. The molecule has 1 aromatic carbocycles. The van der Waals surface area contributed by atoms with Crippen molar-refractivity contribution < 1.29 is 4.74 Å². The number of rotatable bonds is 2. The van der Waals surface area contributed by atoms with E-state index in [1.807, 2.05) is 30.3 Å². The number of ether oxygens (including phenoxy) is 1. The van der Waals surface area contributed by atoms with Gasteiger partial charge >= 0.3 is 0 Å². The van der Waals surface area contributed by atoms with Crippen LogP contribution in [0.15, 0.2) is 36.7 Å². The summed E-state index contributed by atoms with van der Waals surface area (Å²) in [4.78, 5) is 11.3. The maximum Gasteiger partial charge on any atom is 0.142 e. The van der Waals surface area contributed by atoms with Crippen LogP contribution in [0.2, 0.25) is 5.15 Å². The molecule has 0 aliphatic heterocycles. The van der Waals surface area contributed by atoms with Gasteiger partial charge in [0.1, 0.15) is 22.9 Å². The van der Waals surface area contributed by atoms with E-state index < -0.39 is 0 Å². The standard InChI is InChI=1S/C13H10ClN3O/c1-18-9-4-2-8(3-5-9)11-6-10-12(14)15-7-16-13(10)17-11/h2-7H,1H3,(H,15,16,17). The highest BCUT2D eigenvalue weighted by molar-refractivity contribution is 6.34. The summed E-state index contributed by atoms with van der Waals surface area (Å²) < 4.78 is 5.13. The molecule has 0 atom stereocenters. The molecule has 2 heterocycles. The second-order valence-corrected chi connectivity index (χ2v) is 4.20. The van der Waals surface area contributed by atoms with E-state index in [0.29, 0.717) is 5.15 Å². The topological polar surface area (TPSA) is 50.8 Å². The van der Waals surface area contributed by atoms with Gasteiger partial charge < -0.3 is 9.72 Å². The molecule has 0 bridgehead atoms. The highest BCUT2D eigenvalue weighted by Crippen LogP contribution is 2.27. The van der Waals surface area contributed by atoms with Crippen LogP contribution in [0.3, 0.4) is 0 Å². The van der Waals surface area contributed by atoms with Crippen LogP contribution in [0.5, 0.6) is 5.75 Å². The molecule has 0 spiro atoms. The van der Waals surface area contributed by atoms with Gasteiger partial charge in [0.2, 0.25) is 0 Å².